The van der Waals surface area contributed by atoms with E-state index >= 15 is 0 Å². The lowest BCUT2D eigenvalue weighted by Gasteiger charge is -2.08. The first-order valence-corrected chi connectivity index (χ1v) is 8.35. The van der Waals surface area contributed by atoms with Crippen LogP contribution < -0.4 is 15.6 Å². The molecule has 0 atom stereocenters. The first kappa shape index (κ1) is 16.7. The van der Waals surface area contributed by atoms with E-state index in [0.717, 1.165) is 23.7 Å². The predicted octanol–water partition coefficient (Wildman–Crippen LogP) is 2.69. The summed E-state index contributed by atoms with van der Waals surface area (Å²) in [5.74, 6) is 1.31. The van der Waals surface area contributed by atoms with Gasteiger partial charge < -0.3 is 10.1 Å². The predicted molar refractivity (Wildman–Crippen MR) is 95.0 cm³/mol. The number of hydrogen-bond acceptors (Lipinski definition) is 6. The number of para-hydroxylation sites is 1. The normalized spacial score (nSPS) is 10.2. The summed E-state index contributed by atoms with van der Waals surface area (Å²) >= 11 is 1.10. The number of amides is 1. The Morgan fingerprint density at radius 3 is 2.52 bits per heavy atom. The Bertz CT molecular complexity index is 898. The van der Waals surface area contributed by atoms with E-state index in [9.17, 15) is 9.59 Å². The standard InChI is InChI=1S/C17H14N4O3S/c22-15-10-18-21-17(20-15)25-11-16(23)19-12-6-8-14(9-7-12)24-13-4-2-1-3-5-13/h1-10H,11H2,(H,19,23)(H,20,21,22). The number of thioether (sulfide) groups is 1. The SMILES string of the molecule is O=C(CSc1nncc(=O)[nH]1)Nc1ccc(Oc2ccccc2)cc1. The van der Waals surface area contributed by atoms with Crippen LogP contribution in [0, 0.1) is 0 Å². The molecule has 1 heterocycles. The van der Waals surface area contributed by atoms with Crippen molar-refractivity contribution in [1.29, 1.82) is 0 Å². The number of aromatic amines is 1. The number of ether oxygens (including phenoxy) is 1. The van der Waals surface area contributed by atoms with Gasteiger partial charge in [0.25, 0.3) is 5.56 Å². The summed E-state index contributed by atoms with van der Waals surface area (Å²) in [7, 11) is 0. The zero-order chi connectivity index (χ0) is 17.5. The second kappa shape index (κ2) is 8.11. The number of carbonyl (C=O) groups excluding carboxylic acids is 1. The number of hydrogen-bond donors (Lipinski definition) is 2. The molecular weight excluding hydrogens is 340 g/mol. The second-order valence-electron chi connectivity index (χ2n) is 4.92. The highest BCUT2D eigenvalue weighted by atomic mass is 32.2. The third kappa shape index (κ3) is 5.18. The van der Waals surface area contributed by atoms with Gasteiger partial charge in [-0.1, -0.05) is 30.0 Å². The lowest BCUT2D eigenvalue weighted by Crippen LogP contribution is -2.15. The van der Waals surface area contributed by atoms with Crippen LogP contribution in [-0.4, -0.2) is 26.8 Å². The van der Waals surface area contributed by atoms with E-state index in [1.54, 1.807) is 24.3 Å². The van der Waals surface area contributed by atoms with Crippen LogP contribution in [0.4, 0.5) is 5.69 Å². The first-order chi connectivity index (χ1) is 12.2. The first-order valence-electron chi connectivity index (χ1n) is 7.37. The molecule has 0 aliphatic rings. The Hall–Kier alpha value is -3.13. The smallest absolute Gasteiger partial charge is 0.270 e. The van der Waals surface area contributed by atoms with Gasteiger partial charge in [-0.05, 0) is 36.4 Å². The van der Waals surface area contributed by atoms with Crippen LogP contribution in [0.5, 0.6) is 11.5 Å². The maximum Gasteiger partial charge on any atom is 0.270 e. The van der Waals surface area contributed by atoms with Gasteiger partial charge >= 0.3 is 0 Å². The zero-order valence-electron chi connectivity index (χ0n) is 13.0. The van der Waals surface area contributed by atoms with Crippen LogP contribution >= 0.6 is 11.8 Å². The fraction of sp³-hybridized carbons (Fsp3) is 0.0588. The molecule has 0 spiro atoms. The maximum absolute atomic E-state index is 11.9. The molecule has 0 radical (unpaired) electrons. The second-order valence-corrected chi connectivity index (χ2v) is 5.88. The maximum atomic E-state index is 11.9. The van der Waals surface area contributed by atoms with Gasteiger partial charge in [-0.15, -0.1) is 5.10 Å². The molecular formula is C17H14N4O3S. The van der Waals surface area contributed by atoms with Crippen LogP contribution in [0.1, 0.15) is 0 Å². The van der Waals surface area contributed by atoms with Crippen LogP contribution in [0.2, 0.25) is 0 Å². The van der Waals surface area contributed by atoms with Gasteiger partial charge in [0.1, 0.15) is 17.7 Å². The van der Waals surface area contributed by atoms with Gasteiger partial charge in [-0.25, -0.2) is 0 Å². The van der Waals surface area contributed by atoms with Crippen LogP contribution in [0.3, 0.4) is 0 Å². The molecule has 3 rings (SSSR count). The van der Waals surface area contributed by atoms with Crippen LogP contribution in [0.15, 0.2) is 70.7 Å². The Morgan fingerprint density at radius 2 is 1.80 bits per heavy atom. The van der Waals surface area contributed by atoms with Gasteiger partial charge in [0.15, 0.2) is 5.16 Å². The highest BCUT2D eigenvalue weighted by Crippen LogP contribution is 2.22. The molecule has 0 fully saturated rings. The zero-order valence-corrected chi connectivity index (χ0v) is 13.8. The summed E-state index contributed by atoms with van der Waals surface area (Å²) in [5.41, 5.74) is 0.297. The molecule has 8 heteroatoms. The molecule has 1 amide bonds. The molecule has 0 aliphatic heterocycles. The van der Waals surface area contributed by atoms with Gasteiger partial charge in [0, 0.05) is 5.69 Å². The summed E-state index contributed by atoms with van der Waals surface area (Å²) in [5, 5.41) is 10.3. The van der Waals surface area contributed by atoms with Crippen molar-refractivity contribution < 1.29 is 9.53 Å². The van der Waals surface area contributed by atoms with Crippen molar-refractivity contribution in [1.82, 2.24) is 15.2 Å². The van der Waals surface area contributed by atoms with Gasteiger partial charge in [0.2, 0.25) is 5.91 Å². The monoisotopic (exact) mass is 354 g/mol. The van der Waals surface area contributed by atoms with Gasteiger partial charge in [-0.2, -0.15) is 5.10 Å². The van der Waals surface area contributed by atoms with E-state index in [-0.39, 0.29) is 17.2 Å². The number of rotatable bonds is 6. The molecule has 0 saturated carbocycles. The molecule has 7 nitrogen and oxygen atoms in total. The molecule has 2 N–H and O–H groups in total. The summed E-state index contributed by atoms with van der Waals surface area (Å²) in [4.78, 5) is 25.5. The summed E-state index contributed by atoms with van der Waals surface area (Å²) < 4.78 is 5.69. The van der Waals surface area contributed by atoms with Crippen molar-refractivity contribution >= 4 is 23.4 Å². The number of nitrogens with one attached hydrogen (secondary N) is 2. The molecule has 2 aromatic carbocycles. The number of nitrogens with zero attached hydrogens (tertiary/aromatic N) is 2. The average Bonchev–Trinajstić information content (AvgIpc) is 2.63. The van der Waals surface area contributed by atoms with Crippen molar-refractivity contribution in [3.05, 3.63) is 71.1 Å². The van der Waals surface area contributed by atoms with E-state index in [2.05, 4.69) is 20.5 Å². The van der Waals surface area contributed by atoms with E-state index in [0.29, 0.717) is 16.6 Å². The van der Waals surface area contributed by atoms with E-state index in [1.165, 1.54) is 0 Å². The topological polar surface area (TPSA) is 97.0 Å². The Morgan fingerprint density at radius 1 is 1.08 bits per heavy atom. The quantitative estimate of drug-likeness (QED) is 0.661. The van der Waals surface area contributed by atoms with E-state index < -0.39 is 0 Å². The van der Waals surface area contributed by atoms with Crippen molar-refractivity contribution in [3.63, 3.8) is 0 Å². The molecule has 25 heavy (non-hydrogen) atoms. The largest absolute Gasteiger partial charge is 0.457 e. The minimum Gasteiger partial charge on any atom is -0.457 e. The third-order valence-corrected chi connectivity index (χ3v) is 3.87. The van der Waals surface area contributed by atoms with E-state index in [4.69, 9.17) is 4.74 Å². The van der Waals surface area contributed by atoms with Crippen molar-refractivity contribution in [3.8, 4) is 11.5 Å². The van der Waals surface area contributed by atoms with Crippen LogP contribution in [0.25, 0.3) is 0 Å². The third-order valence-electron chi connectivity index (χ3n) is 3.01. The highest BCUT2D eigenvalue weighted by molar-refractivity contribution is 7.99. The minimum atomic E-state index is -0.355. The number of H-pyrrole nitrogens is 1. The van der Waals surface area contributed by atoms with Gasteiger partial charge in [0.05, 0.1) is 5.75 Å². The fourth-order valence-electron chi connectivity index (χ4n) is 1.92. The summed E-state index contributed by atoms with van der Waals surface area (Å²) in [6.07, 6.45) is 1.07. The Balaban J connectivity index is 1.52. The number of anilines is 1. The number of carbonyl (C=O) groups is 1. The summed E-state index contributed by atoms with van der Waals surface area (Å²) in [6, 6.07) is 16.5. The Labute approximate surface area is 147 Å². The number of aromatic nitrogens is 3. The highest BCUT2D eigenvalue weighted by Gasteiger charge is 2.06. The van der Waals surface area contributed by atoms with E-state index in [1.807, 2.05) is 30.3 Å². The lowest BCUT2D eigenvalue weighted by atomic mass is 10.3. The minimum absolute atomic E-state index is 0.108. The van der Waals surface area contributed by atoms with Crippen molar-refractivity contribution in [2.45, 2.75) is 5.16 Å². The molecule has 0 saturated heterocycles. The van der Waals surface area contributed by atoms with Gasteiger partial charge in [-0.3, -0.25) is 14.6 Å². The molecule has 0 unspecified atom stereocenters. The molecule has 1 aromatic heterocycles. The lowest BCUT2D eigenvalue weighted by molar-refractivity contribution is -0.113. The molecule has 0 bridgehead atoms. The van der Waals surface area contributed by atoms with Crippen LogP contribution in [-0.2, 0) is 4.79 Å². The Kier molecular flexibility index (Phi) is 5.43. The summed E-state index contributed by atoms with van der Waals surface area (Å²) in [6.45, 7) is 0. The number of benzene rings is 2. The molecule has 3 aromatic rings. The van der Waals surface area contributed by atoms with Crippen molar-refractivity contribution in [2.75, 3.05) is 11.1 Å². The fourth-order valence-corrected chi connectivity index (χ4v) is 2.54. The molecule has 126 valence electrons. The molecule has 0 aliphatic carbocycles. The van der Waals surface area contributed by atoms with Crippen molar-refractivity contribution in [2.24, 2.45) is 0 Å². The average molecular weight is 354 g/mol.